The summed E-state index contributed by atoms with van der Waals surface area (Å²) in [7, 11) is 0. The highest BCUT2D eigenvalue weighted by Gasteiger charge is 2.26. The van der Waals surface area contributed by atoms with Crippen molar-refractivity contribution in [1.82, 2.24) is 9.55 Å². The van der Waals surface area contributed by atoms with E-state index in [1.54, 1.807) is 17.0 Å². The van der Waals surface area contributed by atoms with Crippen LogP contribution in [0.3, 0.4) is 0 Å². The molecule has 1 fully saturated rings. The molecule has 0 aromatic carbocycles. The van der Waals surface area contributed by atoms with E-state index in [0.29, 0.717) is 24.3 Å². The van der Waals surface area contributed by atoms with Crippen molar-refractivity contribution in [1.29, 1.82) is 0 Å². The zero-order chi connectivity index (χ0) is 13.1. The Morgan fingerprint density at radius 1 is 1.44 bits per heavy atom. The molecular formula is C14H23N3O. The van der Waals surface area contributed by atoms with E-state index in [2.05, 4.69) is 24.1 Å². The van der Waals surface area contributed by atoms with Gasteiger partial charge in [0, 0.05) is 25.0 Å². The van der Waals surface area contributed by atoms with E-state index in [1.807, 2.05) is 6.92 Å². The molecule has 0 bridgehead atoms. The first-order valence-corrected chi connectivity index (χ1v) is 6.93. The van der Waals surface area contributed by atoms with E-state index < -0.39 is 0 Å². The summed E-state index contributed by atoms with van der Waals surface area (Å²) < 4.78 is 1.69. The molecule has 1 aromatic heterocycles. The van der Waals surface area contributed by atoms with E-state index in [1.165, 1.54) is 12.8 Å². The predicted octanol–water partition coefficient (Wildman–Crippen LogP) is 2.50. The Hall–Kier alpha value is -1.32. The average Bonchev–Trinajstić information content (AvgIpc) is 2.35. The molecule has 0 aliphatic heterocycles. The third-order valence-corrected chi connectivity index (χ3v) is 4.01. The quantitative estimate of drug-likeness (QED) is 0.895. The molecule has 1 saturated carbocycles. The van der Waals surface area contributed by atoms with Crippen molar-refractivity contribution in [2.45, 2.75) is 52.6 Å². The Labute approximate surface area is 108 Å². The monoisotopic (exact) mass is 249 g/mol. The molecule has 1 aliphatic carbocycles. The summed E-state index contributed by atoms with van der Waals surface area (Å²) in [5.41, 5.74) is -0.00850. The lowest BCUT2D eigenvalue weighted by atomic mass is 9.80. The maximum absolute atomic E-state index is 12.1. The Morgan fingerprint density at radius 2 is 2.22 bits per heavy atom. The highest BCUT2D eigenvalue weighted by Crippen LogP contribution is 2.29. The number of aromatic nitrogens is 2. The van der Waals surface area contributed by atoms with E-state index in [9.17, 15) is 4.79 Å². The van der Waals surface area contributed by atoms with Crippen molar-refractivity contribution in [3.05, 3.63) is 22.7 Å². The predicted molar refractivity (Wildman–Crippen MR) is 73.8 cm³/mol. The molecule has 1 aliphatic rings. The molecule has 0 amide bonds. The second-order valence-electron chi connectivity index (χ2n) is 5.51. The van der Waals surface area contributed by atoms with Crippen molar-refractivity contribution < 1.29 is 0 Å². The standard InChI is InChI=1S/C14H23N3O/c1-4-17-8-7-15-13(14(17)18)16-12-6-5-10(2)9-11(12)3/h7-8,10-12H,4-6,9H2,1-3H3,(H,15,16). The van der Waals surface area contributed by atoms with Gasteiger partial charge in [0.05, 0.1) is 0 Å². The van der Waals surface area contributed by atoms with Crippen LogP contribution in [-0.2, 0) is 6.54 Å². The summed E-state index contributed by atoms with van der Waals surface area (Å²) >= 11 is 0. The van der Waals surface area contributed by atoms with Crippen LogP contribution >= 0.6 is 0 Å². The number of rotatable bonds is 3. The van der Waals surface area contributed by atoms with Gasteiger partial charge >= 0.3 is 0 Å². The summed E-state index contributed by atoms with van der Waals surface area (Å²) in [6.07, 6.45) is 7.02. The molecule has 1 heterocycles. The lowest BCUT2D eigenvalue weighted by Crippen LogP contribution is -2.36. The smallest absolute Gasteiger partial charge is 0.293 e. The number of nitrogens with zero attached hydrogens (tertiary/aromatic N) is 2. The zero-order valence-corrected chi connectivity index (χ0v) is 11.5. The Morgan fingerprint density at radius 3 is 2.89 bits per heavy atom. The van der Waals surface area contributed by atoms with Crippen molar-refractivity contribution in [2.24, 2.45) is 11.8 Å². The number of nitrogens with one attached hydrogen (secondary N) is 1. The first-order chi connectivity index (χ1) is 8.61. The minimum atomic E-state index is -0.00850. The topological polar surface area (TPSA) is 46.9 Å². The van der Waals surface area contributed by atoms with Crippen molar-refractivity contribution >= 4 is 5.82 Å². The summed E-state index contributed by atoms with van der Waals surface area (Å²) in [6, 6.07) is 0.383. The molecule has 3 atom stereocenters. The fraction of sp³-hybridized carbons (Fsp3) is 0.714. The van der Waals surface area contributed by atoms with E-state index in [4.69, 9.17) is 0 Å². The molecule has 18 heavy (non-hydrogen) atoms. The van der Waals surface area contributed by atoms with Gasteiger partial charge in [-0.3, -0.25) is 4.79 Å². The van der Waals surface area contributed by atoms with Crippen molar-refractivity contribution in [3.63, 3.8) is 0 Å². The molecule has 3 unspecified atom stereocenters. The van der Waals surface area contributed by atoms with E-state index in [-0.39, 0.29) is 5.56 Å². The van der Waals surface area contributed by atoms with Crippen LogP contribution in [0.15, 0.2) is 17.2 Å². The maximum Gasteiger partial charge on any atom is 0.293 e. The molecule has 100 valence electrons. The van der Waals surface area contributed by atoms with Gasteiger partial charge in [0.1, 0.15) is 0 Å². The largest absolute Gasteiger partial charge is 0.362 e. The number of hydrogen-bond acceptors (Lipinski definition) is 3. The summed E-state index contributed by atoms with van der Waals surface area (Å²) in [5.74, 6) is 1.91. The third kappa shape index (κ3) is 2.74. The molecule has 0 radical (unpaired) electrons. The van der Waals surface area contributed by atoms with Crippen LogP contribution in [0, 0.1) is 11.8 Å². The normalized spacial score (nSPS) is 28.1. The molecule has 1 N–H and O–H groups in total. The van der Waals surface area contributed by atoms with Gasteiger partial charge in [0.15, 0.2) is 5.82 Å². The Kier molecular flexibility index (Phi) is 4.04. The molecule has 0 spiro atoms. The van der Waals surface area contributed by atoms with Crippen LogP contribution in [-0.4, -0.2) is 15.6 Å². The van der Waals surface area contributed by atoms with Crippen LogP contribution in [0.25, 0.3) is 0 Å². The molecular weight excluding hydrogens is 226 g/mol. The second kappa shape index (κ2) is 5.55. The van der Waals surface area contributed by atoms with E-state index in [0.717, 1.165) is 12.3 Å². The first-order valence-electron chi connectivity index (χ1n) is 6.93. The Bertz CT molecular complexity index is 455. The molecule has 0 saturated heterocycles. The van der Waals surface area contributed by atoms with Gasteiger partial charge < -0.3 is 9.88 Å². The van der Waals surface area contributed by atoms with Gasteiger partial charge in [0.2, 0.25) is 0 Å². The van der Waals surface area contributed by atoms with Crippen molar-refractivity contribution in [3.8, 4) is 0 Å². The number of aryl methyl sites for hydroxylation is 1. The van der Waals surface area contributed by atoms with Crippen LogP contribution in [0.4, 0.5) is 5.82 Å². The van der Waals surface area contributed by atoms with Gasteiger partial charge in [-0.15, -0.1) is 0 Å². The van der Waals surface area contributed by atoms with Crippen LogP contribution in [0.2, 0.25) is 0 Å². The SMILES string of the molecule is CCn1ccnc(NC2CCC(C)CC2C)c1=O. The zero-order valence-electron chi connectivity index (χ0n) is 11.5. The van der Waals surface area contributed by atoms with Gasteiger partial charge in [-0.1, -0.05) is 13.8 Å². The molecule has 4 nitrogen and oxygen atoms in total. The van der Waals surface area contributed by atoms with Gasteiger partial charge in [-0.05, 0) is 38.0 Å². The Balaban J connectivity index is 2.12. The lowest BCUT2D eigenvalue weighted by Gasteiger charge is -2.33. The number of hydrogen-bond donors (Lipinski definition) is 1. The van der Waals surface area contributed by atoms with Gasteiger partial charge in [-0.25, -0.2) is 4.98 Å². The summed E-state index contributed by atoms with van der Waals surface area (Å²) in [4.78, 5) is 16.3. The fourth-order valence-corrected chi connectivity index (χ4v) is 2.85. The summed E-state index contributed by atoms with van der Waals surface area (Å²) in [6.45, 7) is 7.22. The maximum atomic E-state index is 12.1. The molecule has 1 aromatic rings. The van der Waals surface area contributed by atoms with Crippen LogP contribution in [0.1, 0.15) is 40.0 Å². The van der Waals surface area contributed by atoms with Gasteiger partial charge in [0.25, 0.3) is 5.56 Å². The minimum Gasteiger partial charge on any atom is -0.362 e. The highest BCUT2D eigenvalue weighted by molar-refractivity contribution is 5.32. The minimum absolute atomic E-state index is 0.00850. The average molecular weight is 249 g/mol. The second-order valence-corrected chi connectivity index (χ2v) is 5.51. The summed E-state index contributed by atoms with van der Waals surface area (Å²) in [5, 5.41) is 3.35. The van der Waals surface area contributed by atoms with E-state index >= 15 is 0 Å². The third-order valence-electron chi connectivity index (χ3n) is 4.01. The van der Waals surface area contributed by atoms with Crippen molar-refractivity contribution in [2.75, 3.05) is 5.32 Å². The lowest BCUT2D eigenvalue weighted by molar-refractivity contribution is 0.276. The fourth-order valence-electron chi connectivity index (χ4n) is 2.85. The van der Waals surface area contributed by atoms with Crippen LogP contribution in [0.5, 0.6) is 0 Å². The van der Waals surface area contributed by atoms with Crippen LogP contribution < -0.4 is 10.9 Å². The molecule has 4 heteroatoms. The molecule has 2 rings (SSSR count). The number of anilines is 1. The first kappa shape index (κ1) is 13.1. The van der Waals surface area contributed by atoms with Gasteiger partial charge in [-0.2, -0.15) is 0 Å². The highest BCUT2D eigenvalue weighted by atomic mass is 16.1.